The average Bonchev–Trinajstić information content (AvgIpc) is 2.60. The number of hydrogen-bond donors (Lipinski definition) is 1. The standard InChI is InChI=1S/C20H22O3S/c1-2-6-15-9-11-16(12-10-15)18(21)13-19(24-14-20(22)23)17-7-4-3-5-8-17/h3-5,7-12,19H,2,6,13-14H2,1H3,(H,22,23). The third kappa shape index (κ3) is 5.53. The molecule has 0 saturated carbocycles. The van der Waals surface area contributed by atoms with Crippen molar-refractivity contribution in [2.24, 2.45) is 0 Å². The van der Waals surface area contributed by atoms with Crippen LogP contribution in [0.2, 0.25) is 0 Å². The highest BCUT2D eigenvalue weighted by atomic mass is 32.2. The molecule has 2 aromatic rings. The molecule has 0 amide bonds. The molecule has 1 unspecified atom stereocenters. The zero-order valence-electron chi connectivity index (χ0n) is 13.8. The summed E-state index contributed by atoms with van der Waals surface area (Å²) in [5.74, 6) is -0.829. The Hall–Kier alpha value is -2.07. The van der Waals surface area contributed by atoms with E-state index in [1.165, 1.54) is 17.3 Å². The first kappa shape index (κ1) is 18.3. The van der Waals surface area contributed by atoms with E-state index in [-0.39, 0.29) is 16.8 Å². The SMILES string of the molecule is CCCc1ccc(C(=O)CC(SCC(=O)O)c2ccccc2)cc1. The number of benzene rings is 2. The number of aryl methyl sites for hydroxylation is 1. The van der Waals surface area contributed by atoms with Crippen LogP contribution in [0.5, 0.6) is 0 Å². The predicted molar refractivity (Wildman–Crippen MR) is 98.7 cm³/mol. The molecule has 126 valence electrons. The van der Waals surface area contributed by atoms with Gasteiger partial charge in [0.15, 0.2) is 5.78 Å². The highest BCUT2D eigenvalue weighted by molar-refractivity contribution is 8.00. The minimum Gasteiger partial charge on any atom is -0.481 e. The van der Waals surface area contributed by atoms with E-state index >= 15 is 0 Å². The maximum atomic E-state index is 12.6. The Morgan fingerprint density at radius 2 is 1.71 bits per heavy atom. The first-order chi connectivity index (χ1) is 11.6. The molecule has 0 aliphatic heterocycles. The van der Waals surface area contributed by atoms with Crippen LogP contribution in [0.3, 0.4) is 0 Å². The monoisotopic (exact) mass is 342 g/mol. The lowest BCUT2D eigenvalue weighted by atomic mass is 10.0. The maximum Gasteiger partial charge on any atom is 0.313 e. The highest BCUT2D eigenvalue weighted by Gasteiger charge is 2.19. The third-order valence-electron chi connectivity index (χ3n) is 3.76. The van der Waals surface area contributed by atoms with Crippen LogP contribution in [0.1, 0.15) is 46.5 Å². The Morgan fingerprint density at radius 1 is 1.04 bits per heavy atom. The van der Waals surface area contributed by atoms with E-state index in [1.807, 2.05) is 54.6 Å². The van der Waals surface area contributed by atoms with Crippen molar-refractivity contribution in [1.29, 1.82) is 0 Å². The molecule has 0 aliphatic rings. The molecular weight excluding hydrogens is 320 g/mol. The molecule has 2 rings (SSSR count). The van der Waals surface area contributed by atoms with Crippen molar-refractivity contribution in [3.63, 3.8) is 0 Å². The van der Waals surface area contributed by atoms with E-state index in [1.54, 1.807) is 0 Å². The second kappa shape index (κ2) is 9.28. The number of ketones is 1. The van der Waals surface area contributed by atoms with Gasteiger partial charge in [-0.05, 0) is 17.5 Å². The number of rotatable bonds is 9. The van der Waals surface area contributed by atoms with Crippen LogP contribution in [0.25, 0.3) is 0 Å². The van der Waals surface area contributed by atoms with Crippen LogP contribution in [0.4, 0.5) is 0 Å². The van der Waals surface area contributed by atoms with Gasteiger partial charge in [-0.15, -0.1) is 11.8 Å². The van der Waals surface area contributed by atoms with Gasteiger partial charge >= 0.3 is 5.97 Å². The molecule has 1 N–H and O–H groups in total. The third-order valence-corrected chi connectivity index (χ3v) is 5.02. The lowest BCUT2D eigenvalue weighted by Gasteiger charge is -2.15. The van der Waals surface area contributed by atoms with Crippen LogP contribution in [0, 0.1) is 0 Å². The lowest BCUT2D eigenvalue weighted by Crippen LogP contribution is -2.08. The molecule has 2 aromatic carbocycles. The molecule has 0 bridgehead atoms. The fourth-order valence-corrected chi connectivity index (χ4v) is 3.51. The quantitative estimate of drug-likeness (QED) is 0.667. The van der Waals surface area contributed by atoms with Crippen molar-refractivity contribution in [3.05, 3.63) is 71.3 Å². The molecular formula is C20H22O3S. The number of aliphatic carboxylic acids is 1. The average molecular weight is 342 g/mol. The summed E-state index contributed by atoms with van der Waals surface area (Å²) >= 11 is 1.30. The van der Waals surface area contributed by atoms with Crippen molar-refractivity contribution in [2.75, 3.05) is 5.75 Å². The zero-order chi connectivity index (χ0) is 17.4. The number of carbonyl (C=O) groups excluding carboxylic acids is 1. The molecule has 0 fully saturated rings. The zero-order valence-corrected chi connectivity index (χ0v) is 14.6. The van der Waals surface area contributed by atoms with Gasteiger partial charge in [0.1, 0.15) is 0 Å². The van der Waals surface area contributed by atoms with Gasteiger partial charge in [0.25, 0.3) is 0 Å². The highest BCUT2D eigenvalue weighted by Crippen LogP contribution is 2.33. The predicted octanol–water partition coefficient (Wildman–Crippen LogP) is 4.77. The fraction of sp³-hybridized carbons (Fsp3) is 0.300. The molecule has 0 spiro atoms. The number of hydrogen-bond acceptors (Lipinski definition) is 3. The van der Waals surface area contributed by atoms with Crippen LogP contribution in [-0.2, 0) is 11.2 Å². The molecule has 24 heavy (non-hydrogen) atoms. The molecule has 1 atom stereocenters. The van der Waals surface area contributed by atoms with E-state index in [9.17, 15) is 9.59 Å². The maximum absolute atomic E-state index is 12.6. The van der Waals surface area contributed by atoms with Crippen LogP contribution in [-0.4, -0.2) is 22.6 Å². The Kier molecular flexibility index (Phi) is 7.07. The van der Waals surface area contributed by atoms with Gasteiger partial charge in [0.2, 0.25) is 0 Å². The van der Waals surface area contributed by atoms with E-state index in [4.69, 9.17) is 5.11 Å². The van der Waals surface area contributed by atoms with Gasteiger partial charge in [0, 0.05) is 17.2 Å². The number of Topliss-reactive ketones (excluding diaryl/α,β-unsaturated/α-hetero) is 1. The van der Waals surface area contributed by atoms with Gasteiger partial charge in [-0.3, -0.25) is 9.59 Å². The number of carbonyl (C=O) groups is 2. The molecule has 0 aromatic heterocycles. The second-order valence-electron chi connectivity index (χ2n) is 5.68. The van der Waals surface area contributed by atoms with Crippen LogP contribution in [0.15, 0.2) is 54.6 Å². The Balaban J connectivity index is 2.09. The van der Waals surface area contributed by atoms with Crippen molar-refractivity contribution < 1.29 is 14.7 Å². The fourth-order valence-electron chi connectivity index (χ4n) is 2.54. The summed E-state index contributed by atoms with van der Waals surface area (Å²) in [4.78, 5) is 23.5. The summed E-state index contributed by atoms with van der Waals surface area (Å²) in [5, 5.41) is 8.79. The molecule has 4 heteroatoms. The van der Waals surface area contributed by atoms with Crippen molar-refractivity contribution in [3.8, 4) is 0 Å². The largest absolute Gasteiger partial charge is 0.481 e. The number of carboxylic acid groups (broad SMARTS) is 1. The smallest absolute Gasteiger partial charge is 0.313 e. The Labute approximate surface area is 147 Å². The lowest BCUT2D eigenvalue weighted by molar-refractivity contribution is -0.133. The Bertz CT molecular complexity index is 665. The van der Waals surface area contributed by atoms with Crippen molar-refractivity contribution >= 4 is 23.5 Å². The van der Waals surface area contributed by atoms with Gasteiger partial charge < -0.3 is 5.11 Å². The van der Waals surface area contributed by atoms with E-state index in [0.717, 1.165) is 18.4 Å². The summed E-state index contributed by atoms with van der Waals surface area (Å²) in [6, 6.07) is 17.4. The second-order valence-corrected chi connectivity index (χ2v) is 6.87. The van der Waals surface area contributed by atoms with E-state index in [0.29, 0.717) is 12.0 Å². The summed E-state index contributed by atoms with van der Waals surface area (Å²) in [7, 11) is 0. The minimum atomic E-state index is -0.864. The molecule has 3 nitrogen and oxygen atoms in total. The van der Waals surface area contributed by atoms with Crippen LogP contribution < -0.4 is 0 Å². The first-order valence-electron chi connectivity index (χ1n) is 8.10. The van der Waals surface area contributed by atoms with E-state index in [2.05, 4.69) is 6.92 Å². The summed E-state index contributed by atoms with van der Waals surface area (Å²) in [6.07, 6.45) is 2.39. The molecule has 0 saturated heterocycles. The summed E-state index contributed by atoms with van der Waals surface area (Å²) in [5.41, 5.74) is 2.90. The number of thioether (sulfide) groups is 1. The summed E-state index contributed by atoms with van der Waals surface area (Å²) < 4.78 is 0. The van der Waals surface area contributed by atoms with Crippen molar-refractivity contribution in [1.82, 2.24) is 0 Å². The van der Waals surface area contributed by atoms with Crippen LogP contribution >= 0.6 is 11.8 Å². The Morgan fingerprint density at radius 3 is 2.29 bits per heavy atom. The summed E-state index contributed by atoms with van der Waals surface area (Å²) in [6.45, 7) is 2.13. The van der Waals surface area contributed by atoms with Gasteiger partial charge in [0.05, 0.1) is 5.75 Å². The topological polar surface area (TPSA) is 54.4 Å². The minimum absolute atomic E-state index is 0.0116. The van der Waals surface area contributed by atoms with Crippen molar-refractivity contribution in [2.45, 2.75) is 31.4 Å². The normalized spacial score (nSPS) is 11.9. The molecule has 0 radical (unpaired) electrons. The molecule has 0 heterocycles. The first-order valence-corrected chi connectivity index (χ1v) is 9.15. The van der Waals surface area contributed by atoms with Gasteiger partial charge in [-0.1, -0.05) is 67.9 Å². The van der Waals surface area contributed by atoms with Gasteiger partial charge in [-0.2, -0.15) is 0 Å². The van der Waals surface area contributed by atoms with Gasteiger partial charge in [-0.25, -0.2) is 0 Å². The van der Waals surface area contributed by atoms with E-state index < -0.39 is 5.97 Å². The number of carboxylic acids is 1. The molecule has 0 aliphatic carbocycles.